The molecule has 1 aromatic heterocycles. The van der Waals surface area contributed by atoms with Crippen molar-refractivity contribution in [2.45, 2.75) is 0 Å². The van der Waals surface area contributed by atoms with E-state index in [-0.39, 0.29) is 11.3 Å². The lowest BCUT2D eigenvalue weighted by atomic mass is 10.1. The summed E-state index contributed by atoms with van der Waals surface area (Å²) >= 11 is 1.32. The van der Waals surface area contributed by atoms with Gasteiger partial charge in [0.2, 0.25) is 10.6 Å². The van der Waals surface area contributed by atoms with E-state index in [9.17, 15) is 25.4 Å². The Balaban J connectivity index is 2.05. The summed E-state index contributed by atoms with van der Waals surface area (Å²) < 4.78 is 1.51. The third-order valence-corrected chi connectivity index (χ3v) is 4.63. The minimum atomic E-state index is -0.634. The van der Waals surface area contributed by atoms with Gasteiger partial charge < -0.3 is 15.3 Å². The molecule has 0 radical (unpaired) electrons. The molecule has 1 heterocycles. The zero-order valence-corrected chi connectivity index (χ0v) is 14.8. The van der Waals surface area contributed by atoms with Crippen molar-refractivity contribution in [3.05, 3.63) is 62.3 Å². The van der Waals surface area contributed by atoms with Gasteiger partial charge in [0.15, 0.2) is 11.5 Å². The molecule has 0 aliphatic heterocycles. The molecule has 0 saturated carbocycles. The summed E-state index contributed by atoms with van der Waals surface area (Å²) in [4.78, 5) is 15.0. The highest BCUT2D eigenvalue weighted by Crippen LogP contribution is 2.36. The van der Waals surface area contributed by atoms with E-state index >= 15 is 0 Å². The van der Waals surface area contributed by atoms with Crippen molar-refractivity contribution in [1.29, 1.82) is 0 Å². The van der Waals surface area contributed by atoms with Crippen LogP contribution in [0.15, 0.2) is 51.9 Å². The molecule has 0 amide bonds. The molecule has 0 saturated heterocycles. The van der Waals surface area contributed by atoms with Crippen LogP contribution in [-0.2, 0) is 0 Å². The molecule has 0 fully saturated rings. The number of phenolic OH excluding ortho intramolecular Hbond substituents is 3. The van der Waals surface area contributed by atoms with Gasteiger partial charge in [-0.3, -0.25) is 15.1 Å². The summed E-state index contributed by atoms with van der Waals surface area (Å²) in [6.07, 6.45) is 1.31. The summed E-state index contributed by atoms with van der Waals surface area (Å²) in [7, 11) is 1.60. The van der Waals surface area contributed by atoms with Gasteiger partial charge in [0.25, 0.3) is 5.69 Å². The van der Waals surface area contributed by atoms with E-state index in [1.54, 1.807) is 24.6 Å². The molecular formula is C17H14N4O5S. The highest BCUT2D eigenvalue weighted by Gasteiger charge is 2.12. The van der Waals surface area contributed by atoms with Gasteiger partial charge in [-0.05, 0) is 24.3 Å². The van der Waals surface area contributed by atoms with E-state index in [2.05, 4.69) is 10.1 Å². The van der Waals surface area contributed by atoms with Gasteiger partial charge in [-0.2, -0.15) is 5.10 Å². The maximum Gasteiger partial charge on any atom is 0.269 e. The summed E-state index contributed by atoms with van der Waals surface area (Å²) in [6.45, 7) is 0. The Morgan fingerprint density at radius 1 is 1.11 bits per heavy atom. The normalized spacial score (nSPS) is 12.0. The molecule has 3 aromatic rings. The second-order valence-corrected chi connectivity index (χ2v) is 6.20. The minimum absolute atomic E-state index is 0.0195. The largest absolute Gasteiger partial charge is 0.504 e. The molecule has 0 spiro atoms. The zero-order valence-electron chi connectivity index (χ0n) is 14.0. The standard InChI is InChI=1S/C17H14N4O5S/c1-18-17-20(19-8-11-4-7-14(22)16(24)15(11)23)13(9-27-17)10-2-5-12(6-3-10)21(25)26/h2-9,22-24H,1H3. The van der Waals surface area contributed by atoms with Gasteiger partial charge in [0, 0.05) is 35.7 Å². The number of rotatable bonds is 4. The number of nitro groups is 1. The fourth-order valence-electron chi connectivity index (χ4n) is 2.32. The lowest BCUT2D eigenvalue weighted by Crippen LogP contribution is -2.11. The van der Waals surface area contributed by atoms with Crippen LogP contribution in [0.1, 0.15) is 5.56 Å². The molecule has 0 unspecified atom stereocenters. The fraction of sp³-hybridized carbons (Fsp3) is 0.0588. The maximum atomic E-state index is 10.8. The molecule has 10 heteroatoms. The number of phenols is 3. The lowest BCUT2D eigenvalue weighted by molar-refractivity contribution is -0.384. The molecule has 27 heavy (non-hydrogen) atoms. The van der Waals surface area contributed by atoms with Crippen molar-refractivity contribution >= 4 is 23.2 Å². The Kier molecular flexibility index (Phi) is 4.90. The average molecular weight is 386 g/mol. The predicted molar refractivity (Wildman–Crippen MR) is 100 cm³/mol. The second kappa shape index (κ2) is 7.30. The Bertz CT molecular complexity index is 1100. The monoisotopic (exact) mass is 386 g/mol. The van der Waals surface area contributed by atoms with Crippen molar-refractivity contribution in [3.8, 4) is 28.5 Å². The number of benzene rings is 2. The van der Waals surface area contributed by atoms with Crippen molar-refractivity contribution in [3.63, 3.8) is 0 Å². The minimum Gasteiger partial charge on any atom is -0.504 e. The predicted octanol–water partition coefficient (Wildman–Crippen LogP) is 2.65. The topological polar surface area (TPSA) is 133 Å². The zero-order chi connectivity index (χ0) is 19.6. The highest BCUT2D eigenvalue weighted by molar-refractivity contribution is 7.07. The molecule has 0 atom stereocenters. The van der Waals surface area contributed by atoms with E-state index in [0.29, 0.717) is 16.1 Å². The number of nitro benzene ring substituents is 1. The van der Waals surface area contributed by atoms with E-state index in [1.165, 1.54) is 46.5 Å². The summed E-state index contributed by atoms with van der Waals surface area (Å²) in [5, 5.41) is 45.8. The van der Waals surface area contributed by atoms with Gasteiger partial charge in [0.1, 0.15) is 0 Å². The molecule has 3 rings (SSSR count). The number of hydrogen-bond acceptors (Lipinski definition) is 8. The number of non-ortho nitro benzene ring substituents is 1. The molecule has 3 N–H and O–H groups in total. The maximum absolute atomic E-state index is 10.8. The first kappa shape index (κ1) is 18.1. The third kappa shape index (κ3) is 3.51. The van der Waals surface area contributed by atoms with Crippen molar-refractivity contribution in [2.75, 3.05) is 7.05 Å². The molecule has 0 bridgehead atoms. The van der Waals surface area contributed by atoms with Crippen LogP contribution in [0.3, 0.4) is 0 Å². The first-order valence-corrected chi connectivity index (χ1v) is 8.46. The van der Waals surface area contributed by atoms with Crippen LogP contribution in [0, 0.1) is 10.1 Å². The van der Waals surface area contributed by atoms with E-state index < -0.39 is 22.2 Å². The number of thiazole rings is 1. The van der Waals surface area contributed by atoms with E-state index in [1.807, 2.05) is 0 Å². The molecule has 138 valence electrons. The molecular weight excluding hydrogens is 372 g/mol. The van der Waals surface area contributed by atoms with Crippen LogP contribution in [0.25, 0.3) is 11.3 Å². The Hall–Kier alpha value is -3.66. The van der Waals surface area contributed by atoms with Crippen molar-refractivity contribution < 1.29 is 20.2 Å². The number of aromatic hydroxyl groups is 3. The average Bonchev–Trinajstić information content (AvgIpc) is 3.08. The SMILES string of the molecule is CN=c1scc(-c2ccc([N+](=O)[O-])cc2)n1N=Cc1ccc(O)c(O)c1O. The van der Waals surface area contributed by atoms with E-state index in [4.69, 9.17) is 0 Å². The first-order chi connectivity index (χ1) is 12.9. The van der Waals surface area contributed by atoms with Crippen LogP contribution in [0.5, 0.6) is 17.2 Å². The highest BCUT2D eigenvalue weighted by atomic mass is 32.1. The van der Waals surface area contributed by atoms with Crippen LogP contribution in [0.4, 0.5) is 5.69 Å². The molecule has 0 aliphatic carbocycles. The van der Waals surface area contributed by atoms with E-state index in [0.717, 1.165) is 0 Å². The Morgan fingerprint density at radius 3 is 2.44 bits per heavy atom. The van der Waals surface area contributed by atoms with Gasteiger partial charge in [-0.15, -0.1) is 11.3 Å². The van der Waals surface area contributed by atoms with Crippen LogP contribution in [-0.4, -0.2) is 38.2 Å². The van der Waals surface area contributed by atoms with Gasteiger partial charge >= 0.3 is 0 Å². The fourth-order valence-corrected chi connectivity index (χ4v) is 3.13. The Morgan fingerprint density at radius 2 is 1.81 bits per heavy atom. The van der Waals surface area contributed by atoms with Crippen LogP contribution in [0.2, 0.25) is 0 Å². The van der Waals surface area contributed by atoms with Crippen LogP contribution >= 0.6 is 11.3 Å². The van der Waals surface area contributed by atoms with Gasteiger partial charge in [-0.25, -0.2) is 4.68 Å². The van der Waals surface area contributed by atoms with Gasteiger partial charge in [-0.1, -0.05) is 0 Å². The molecule has 2 aromatic carbocycles. The summed E-state index contributed by atoms with van der Waals surface area (Å²) in [5.74, 6) is -1.57. The van der Waals surface area contributed by atoms with Crippen LogP contribution < -0.4 is 4.80 Å². The number of hydrogen-bond donors (Lipinski definition) is 3. The van der Waals surface area contributed by atoms with Crippen molar-refractivity contribution in [1.82, 2.24) is 4.68 Å². The third-order valence-electron chi connectivity index (χ3n) is 3.72. The quantitative estimate of drug-likeness (QED) is 0.274. The smallest absolute Gasteiger partial charge is 0.269 e. The summed E-state index contributed by atoms with van der Waals surface area (Å²) in [6, 6.07) is 8.64. The second-order valence-electron chi connectivity index (χ2n) is 5.36. The van der Waals surface area contributed by atoms with Crippen molar-refractivity contribution in [2.24, 2.45) is 10.1 Å². The van der Waals surface area contributed by atoms with Gasteiger partial charge in [0.05, 0.1) is 16.8 Å². The molecule has 0 aliphatic rings. The first-order valence-electron chi connectivity index (χ1n) is 7.59. The summed E-state index contributed by atoms with van der Waals surface area (Å²) in [5.41, 5.74) is 1.52. The lowest BCUT2D eigenvalue weighted by Gasteiger charge is -2.05. The molecule has 9 nitrogen and oxygen atoms in total. The number of nitrogens with zero attached hydrogens (tertiary/aromatic N) is 4. The Labute approximate surface area is 156 Å². The number of aromatic nitrogens is 1.